The number of nitrogens with zero attached hydrogens (tertiary/aromatic N) is 3. The summed E-state index contributed by atoms with van der Waals surface area (Å²) in [7, 11) is 0. The Balaban J connectivity index is 1.39. The summed E-state index contributed by atoms with van der Waals surface area (Å²) in [6.45, 7) is 3.79. The summed E-state index contributed by atoms with van der Waals surface area (Å²) < 4.78 is 7.41. The van der Waals surface area contributed by atoms with Crippen molar-refractivity contribution in [3.05, 3.63) is 79.2 Å². The van der Waals surface area contributed by atoms with E-state index in [1.807, 2.05) is 24.5 Å². The molecule has 10 nitrogen and oxygen atoms in total. The van der Waals surface area contributed by atoms with Crippen LogP contribution in [0.15, 0.2) is 39.9 Å². The van der Waals surface area contributed by atoms with Crippen molar-refractivity contribution in [1.29, 1.82) is 0 Å². The van der Waals surface area contributed by atoms with Crippen LogP contribution in [0.4, 0.5) is 5.69 Å². The molecule has 36 heavy (non-hydrogen) atoms. The minimum atomic E-state index is -0.921. The Bertz CT molecular complexity index is 1570. The van der Waals surface area contributed by atoms with Gasteiger partial charge in [0.2, 0.25) is 0 Å². The highest BCUT2D eigenvalue weighted by atomic mass is 32.1. The van der Waals surface area contributed by atoms with E-state index in [9.17, 15) is 24.8 Å². The zero-order valence-corrected chi connectivity index (χ0v) is 20.3. The van der Waals surface area contributed by atoms with Crippen LogP contribution in [0.1, 0.15) is 61.1 Å². The maximum absolute atomic E-state index is 12.5. The zero-order valence-electron chi connectivity index (χ0n) is 19.5. The largest absolute Gasteiger partial charge is 0.478 e. The van der Waals surface area contributed by atoms with Gasteiger partial charge in [-0.05, 0) is 63.3 Å². The lowest BCUT2D eigenvalue weighted by Crippen LogP contribution is -2.16. The number of aryl methyl sites for hydroxylation is 2. The number of hydrazone groups is 1. The third-order valence-electron chi connectivity index (χ3n) is 6.34. The summed E-state index contributed by atoms with van der Waals surface area (Å²) in [5.74, 6) is -1.54. The summed E-state index contributed by atoms with van der Waals surface area (Å²) >= 11 is 1.53. The number of carboxylic acid groups (broad SMARTS) is 1. The van der Waals surface area contributed by atoms with E-state index in [1.54, 1.807) is 0 Å². The molecule has 184 valence electrons. The molecular formula is C25H22N4O6S. The number of carbonyl (C=O) groups excluding carboxylic acids is 1. The number of nitro groups is 1. The summed E-state index contributed by atoms with van der Waals surface area (Å²) in [6, 6.07) is 7.39. The fourth-order valence-electron chi connectivity index (χ4n) is 4.63. The molecule has 0 saturated heterocycles. The molecule has 2 N–H and O–H groups in total. The van der Waals surface area contributed by atoms with Gasteiger partial charge in [0.25, 0.3) is 5.69 Å². The Hall–Kier alpha value is -4.25. The number of furan rings is 1. The van der Waals surface area contributed by atoms with Crippen molar-refractivity contribution >= 4 is 46.1 Å². The zero-order chi connectivity index (χ0) is 25.6. The number of carbonyl (C=O) groups is 2. The topological polar surface area (TPSA) is 140 Å². The molecule has 0 saturated carbocycles. The number of benzene rings is 1. The Morgan fingerprint density at radius 1 is 1.22 bits per heavy atom. The Labute approximate surface area is 209 Å². The first-order valence-electron chi connectivity index (χ1n) is 11.3. The van der Waals surface area contributed by atoms with Gasteiger partial charge >= 0.3 is 11.9 Å². The Kier molecular flexibility index (Phi) is 5.92. The van der Waals surface area contributed by atoms with Crippen molar-refractivity contribution in [3.8, 4) is 5.00 Å². The molecule has 4 aromatic rings. The van der Waals surface area contributed by atoms with E-state index in [4.69, 9.17) is 4.42 Å². The molecule has 1 aliphatic rings. The molecule has 3 heterocycles. The van der Waals surface area contributed by atoms with Gasteiger partial charge in [-0.3, -0.25) is 14.9 Å². The minimum Gasteiger partial charge on any atom is -0.478 e. The van der Waals surface area contributed by atoms with Crippen molar-refractivity contribution in [2.45, 2.75) is 39.5 Å². The van der Waals surface area contributed by atoms with E-state index in [1.165, 1.54) is 41.8 Å². The number of aromatic nitrogens is 1. The molecule has 1 amide bonds. The quantitative estimate of drug-likeness (QED) is 0.211. The predicted molar refractivity (Wildman–Crippen MR) is 135 cm³/mol. The second kappa shape index (κ2) is 9.08. The third-order valence-corrected chi connectivity index (χ3v) is 7.62. The molecule has 11 heteroatoms. The summed E-state index contributed by atoms with van der Waals surface area (Å²) in [5.41, 5.74) is 6.39. The van der Waals surface area contributed by atoms with Crippen LogP contribution >= 0.6 is 11.3 Å². The first-order chi connectivity index (χ1) is 17.2. The highest BCUT2D eigenvalue weighted by molar-refractivity contribution is 7.15. The van der Waals surface area contributed by atoms with E-state index in [0.29, 0.717) is 21.5 Å². The normalized spacial score (nSPS) is 13.3. The number of fused-ring (bicyclic) bond motifs is 2. The van der Waals surface area contributed by atoms with Crippen molar-refractivity contribution in [3.63, 3.8) is 0 Å². The number of thiophene rings is 1. The Morgan fingerprint density at radius 2 is 2.00 bits per heavy atom. The second-order valence-corrected chi connectivity index (χ2v) is 9.73. The van der Waals surface area contributed by atoms with Gasteiger partial charge in [0.05, 0.1) is 16.7 Å². The first kappa shape index (κ1) is 23.5. The van der Waals surface area contributed by atoms with Gasteiger partial charge in [0.15, 0.2) is 5.76 Å². The van der Waals surface area contributed by atoms with Crippen LogP contribution in [0.3, 0.4) is 0 Å². The number of hydrogen-bond donors (Lipinski definition) is 2. The lowest BCUT2D eigenvalue weighted by atomic mass is 9.95. The average Bonchev–Trinajstić information content (AvgIpc) is 3.51. The average molecular weight is 507 g/mol. The van der Waals surface area contributed by atoms with Crippen LogP contribution < -0.4 is 5.43 Å². The highest BCUT2D eigenvalue weighted by Gasteiger charge is 2.27. The Morgan fingerprint density at radius 3 is 2.75 bits per heavy atom. The molecule has 3 aromatic heterocycles. The third kappa shape index (κ3) is 4.07. The molecule has 0 spiro atoms. The maximum Gasteiger partial charge on any atom is 0.339 e. The van der Waals surface area contributed by atoms with Crippen molar-refractivity contribution < 1.29 is 24.0 Å². The highest BCUT2D eigenvalue weighted by Crippen LogP contribution is 2.38. The number of aromatic carboxylic acids is 1. The van der Waals surface area contributed by atoms with Gasteiger partial charge in [0.1, 0.15) is 10.6 Å². The number of nitrogens with one attached hydrogen (secondary N) is 1. The molecule has 1 aromatic carbocycles. The van der Waals surface area contributed by atoms with Crippen molar-refractivity contribution in [2.24, 2.45) is 5.10 Å². The molecular weight excluding hydrogens is 484 g/mol. The summed E-state index contributed by atoms with van der Waals surface area (Å²) in [6.07, 6.45) is 5.23. The monoisotopic (exact) mass is 506 g/mol. The summed E-state index contributed by atoms with van der Waals surface area (Å²) in [4.78, 5) is 36.2. The minimum absolute atomic E-state index is 0.0246. The number of hydrogen-bond acceptors (Lipinski definition) is 7. The van der Waals surface area contributed by atoms with E-state index in [-0.39, 0.29) is 11.4 Å². The second-order valence-electron chi connectivity index (χ2n) is 8.65. The molecule has 0 atom stereocenters. The molecule has 0 fully saturated rings. The maximum atomic E-state index is 12.5. The smallest absolute Gasteiger partial charge is 0.339 e. The number of nitro benzene ring substituents is 1. The molecule has 0 bridgehead atoms. The summed E-state index contributed by atoms with van der Waals surface area (Å²) in [5, 5.41) is 26.1. The fraction of sp³-hybridized carbons (Fsp3) is 0.240. The predicted octanol–water partition coefficient (Wildman–Crippen LogP) is 5.15. The van der Waals surface area contributed by atoms with Crippen LogP contribution in [0.5, 0.6) is 0 Å². The van der Waals surface area contributed by atoms with Gasteiger partial charge in [-0.15, -0.1) is 11.3 Å². The van der Waals surface area contributed by atoms with Crippen molar-refractivity contribution in [1.82, 2.24) is 9.99 Å². The number of rotatable bonds is 6. The van der Waals surface area contributed by atoms with Gasteiger partial charge in [-0.1, -0.05) is 0 Å². The molecule has 5 rings (SSSR count). The van der Waals surface area contributed by atoms with Gasteiger partial charge in [0, 0.05) is 39.3 Å². The van der Waals surface area contributed by atoms with E-state index in [0.717, 1.165) is 53.1 Å². The van der Waals surface area contributed by atoms with Crippen LogP contribution in [0.25, 0.3) is 16.0 Å². The van der Waals surface area contributed by atoms with E-state index < -0.39 is 16.8 Å². The van der Waals surface area contributed by atoms with Crippen LogP contribution in [-0.2, 0) is 12.8 Å². The number of amides is 1. The molecule has 0 unspecified atom stereocenters. The standard InChI is InChI=1S/C25H22N4O6S/c1-13-9-16(14(2)28(13)24-22(25(31)32)18-5-3-4-6-21(18)36-24)12-26-27-23(30)20-11-15-10-17(29(33)34)7-8-19(15)35-20/h7-12H,3-6H2,1-2H3,(H,27,30)(H,31,32)/b26-12-. The van der Waals surface area contributed by atoms with Crippen LogP contribution in [-0.4, -0.2) is 32.7 Å². The van der Waals surface area contributed by atoms with Gasteiger partial charge < -0.3 is 14.1 Å². The molecule has 0 radical (unpaired) electrons. The first-order valence-corrected chi connectivity index (χ1v) is 12.1. The van der Waals surface area contributed by atoms with E-state index in [2.05, 4.69) is 10.5 Å². The van der Waals surface area contributed by atoms with Crippen molar-refractivity contribution in [2.75, 3.05) is 0 Å². The number of carboxylic acids is 1. The van der Waals surface area contributed by atoms with Crippen LogP contribution in [0.2, 0.25) is 0 Å². The molecule has 1 aliphatic carbocycles. The van der Waals surface area contributed by atoms with Gasteiger partial charge in [-0.2, -0.15) is 5.10 Å². The molecule has 0 aliphatic heterocycles. The SMILES string of the molecule is Cc1cc(/C=N\NC(=O)c2cc3cc([N+](=O)[O-])ccc3o2)c(C)n1-c1sc2c(c1C(=O)O)CCCC2. The lowest BCUT2D eigenvalue weighted by Gasteiger charge is -2.11. The lowest BCUT2D eigenvalue weighted by molar-refractivity contribution is -0.384. The van der Waals surface area contributed by atoms with Gasteiger partial charge in [-0.25, -0.2) is 10.2 Å². The number of non-ortho nitro benzene ring substituents is 1. The fourth-order valence-corrected chi connectivity index (χ4v) is 6.12. The van der Waals surface area contributed by atoms with Crippen LogP contribution in [0, 0.1) is 24.0 Å². The van der Waals surface area contributed by atoms with E-state index >= 15 is 0 Å².